The number of H-pyrrole nitrogens is 1. The van der Waals surface area contributed by atoms with E-state index in [0.29, 0.717) is 5.52 Å². The Labute approximate surface area is 155 Å². The molecular formula is C18H14N6O2S. The number of rotatable bonds is 3. The summed E-state index contributed by atoms with van der Waals surface area (Å²) in [6, 6.07) is 3.89. The van der Waals surface area contributed by atoms with Crippen molar-refractivity contribution >= 4 is 33.2 Å². The van der Waals surface area contributed by atoms with E-state index >= 15 is 0 Å². The second-order valence-corrected chi connectivity index (χ2v) is 7.07. The second-order valence-electron chi connectivity index (χ2n) is 6.22. The molecule has 0 saturated heterocycles. The molecule has 0 saturated carbocycles. The maximum atomic E-state index is 11.7. The van der Waals surface area contributed by atoms with E-state index in [0.717, 1.165) is 38.7 Å². The monoisotopic (exact) mass is 378 g/mol. The number of aromatic amines is 1. The van der Waals surface area contributed by atoms with E-state index in [1.165, 1.54) is 3.97 Å². The van der Waals surface area contributed by atoms with Crippen molar-refractivity contribution in [3.63, 3.8) is 0 Å². The van der Waals surface area contributed by atoms with Crippen molar-refractivity contribution in [2.24, 2.45) is 7.05 Å². The van der Waals surface area contributed by atoms with Gasteiger partial charge in [-0.3, -0.25) is 14.2 Å². The topological polar surface area (TPSA) is 102 Å². The van der Waals surface area contributed by atoms with Gasteiger partial charge in [-0.1, -0.05) is 0 Å². The number of hydrogen-bond acceptors (Lipinski definition) is 4. The fourth-order valence-electron chi connectivity index (χ4n) is 3.34. The van der Waals surface area contributed by atoms with Gasteiger partial charge in [0, 0.05) is 71.1 Å². The van der Waals surface area contributed by atoms with Crippen LogP contribution in [0, 0.1) is 0 Å². The lowest BCUT2D eigenvalue weighted by molar-refractivity contribution is 0.556. The van der Waals surface area contributed by atoms with E-state index in [-0.39, 0.29) is 0 Å². The summed E-state index contributed by atoms with van der Waals surface area (Å²) in [5.74, 6) is 0. The van der Waals surface area contributed by atoms with Crippen LogP contribution in [0.1, 0.15) is 0 Å². The zero-order valence-electron chi connectivity index (χ0n) is 14.2. The van der Waals surface area contributed by atoms with Crippen molar-refractivity contribution in [3.8, 4) is 22.3 Å². The molecule has 0 radical (unpaired) electrons. The molecule has 5 aromatic heterocycles. The first kappa shape index (κ1) is 15.9. The number of aryl methyl sites for hydroxylation is 1. The summed E-state index contributed by atoms with van der Waals surface area (Å²) in [5, 5.41) is 5.99. The normalized spacial score (nSPS) is 12.8. The molecule has 0 aliphatic carbocycles. The van der Waals surface area contributed by atoms with Crippen LogP contribution in [0.3, 0.4) is 0 Å². The Bertz CT molecular complexity index is 1330. The summed E-state index contributed by atoms with van der Waals surface area (Å²) >= 11 is -2.17. The molecule has 1 unspecified atom stereocenters. The highest BCUT2D eigenvalue weighted by Gasteiger charge is 2.17. The van der Waals surface area contributed by atoms with Crippen LogP contribution in [-0.4, -0.2) is 37.5 Å². The molecule has 27 heavy (non-hydrogen) atoms. The fraction of sp³-hybridized carbons (Fsp3) is 0.0556. The van der Waals surface area contributed by atoms with Crippen LogP contribution < -0.4 is 0 Å². The number of hydrogen-bond donors (Lipinski definition) is 2. The highest BCUT2D eigenvalue weighted by Crippen LogP contribution is 2.36. The van der Waals surface area contributed by atoms with Crippen molar-refractivity contribution in [1.82, 2.24) is 28.7 Å². The van der Waals surface area contributed by atoms with Crippen molar-refractivity contribution in [2.45, 2.75) is 0 Å². The van der Waals surface area contributed by atoms with Gasteiger partial charge in [-0.15, -0.1) is 0 Å². The molecule has 0 aliphatic rings. The third-order valence-corrected chi connectivity index (χ3v) is 5.24. The summed E-state index contributed by atoms with van der Waals surface area (Å²) in [4.78, 5) is 11.8. The quantitative estimate of drug-likeness (QED) is 0.470. The van der Waals surface area contributed by atoms with E-state index in [1.54, 1.807) is 35.7 Å². The molecule has 5 heterocycles. The minimum atomic E-state index is -2.17. The van der Waals surface area contributed by atoms with Crippen molar-refractivity contribution in [2.75, 3.05) is 0 Å². The maximum Gasteiger partial charge on any atom is 0.266 e. The Kier molecular flexibility index (Phi) is 3.46. The molecule has 1 atom stereocenters. The van der Waals surface area contributed by atoms with Gasteiger partial charge in [-0.05, 0) is 12.1 Å². The lowest BCUT2D eigenvalue weighted by atomic mass is 10.0. The lowest BCUT2D eigenvalue weighted by Crippen LogP contribution is -1.99. The Hall–Kier alpha value is -3.30. The molecule has 0 spiro atoms. The van der Waals surface area contributed by atoms with Crippen LogP contribution in [-0.2, 0) is 18.3 Å². The SMILES string of the molecule is Cn1cc(-c2cnc3[nH]cc(-c4cn(S(=O)O)c5cnccc45)c3c2)cn1. The van der Waals surface area contributed by atoms with Gasteiger partial charge in [0.05, 0.1) is 17.9 Å². The van der Waals surface area contributed by atoms with Gasteiger partial charge in [0.1, 0.15) is 5.65 Å². The lowest BCUT2D eigenvalue weighted by Gasteiger charge is -2.00. The molecule has 0 aromatic carbocycles. The molecule has 0 fully saturated rings. The Morgan fingerprint density at radius 3 is 2.78 bits per heavy atom. The third-order valence-electron chi connectivity index (χ3n) is 4.60. The van der Waals surface area contributed by atoms with Crippen LogP contribution in [0.5, 0.6) is 0 Å². The van der Waals surface area contributed by atoms with Gasteiger partial charge >= 0.3 is 0 Å². The van der Waals surface area contributed by atoms with Crippen LogP contribution in [0.25, 0.3) is 44.2 Å². The predicted molar refractivity (Wildman–Crippen MR) is 103 cm³/mol. The summed E-state index contributed by atoms with van der Waals surface area (Å²) in [6.45, 7) is 0. The highest BCUT2D eigenvalue weighted by atomic mass is 32.2. The molecule has 9 heteroatoms. The number of nitrogens with one attached hydrogen (secondary N) is 1. The molecule has 5 aromatic rings. The zero-order chi connectivity index (χ0) is 18.5. The van der Waals surface area contributed by atoms with Crippen molar-refractivity contribution in [3.05, 3.63) is 55.5 Å². The molecule has 134 valence electrons. The molecule has 0 amide bonds. The average molecular weight is 378 g/mol. The van der Waals surface area contributed by atoms with Gasteiger partial charge in [-0.2, -0.15) is 5.10 Å². The van der Waals surface area contributed by atoms with E-state index < -0.39 is 11.3 Å². The molecule has 0 aliphatic heterocycles. The first-order valence-electron chi connectivity index (χ1n) is 8.15. The van der Waals surface area contributed by atoms with Gasteiger partial charge in [0.15, 0.2) is 0 Å². The number of nitrogens with zero attached hydrogens (tertiary/aromatic N) is 5. The van der Waals surface area contributed by atoms with E-state index in [2.05, 4.69) is 20.1 Å². The van der Waals surface area contributed by atoms with Crippen LogP contribution in [0.4, 0.5) is 0 Å². The summed E-state index contributed by atoms with van der Waals surface area (Å²) in [6.07, 6.45) is 12.3. The van der Waals surface area contributed by atoms with Crippen LogP contribution in [0.15, 0.2) is 55.5 Å². The second kappa shape index (κ2) is 5.86. The largest absolute Gasteiger partial charge is 0.346 e. The Balaban J connectivity index is 1.76. The first-order chi connectivity index (χ1) is 13.1. The Morgan fingerprint density at radius 1 is 1.11 bits per heavy atom. The van der Waals surface area contributed by atoms with E-state index in [4.69, 9.17) is 0 Å². The van der Waals surface area contributed by atoms with Crippen molar-refractivity contribution < 1.29 is 8.76 Å². The number of fused-ring (bicyclic) bond motifs is 2. The molecule has 8 nitrogen and oxygen atoms in total. The Morgan fingerprint density at radius 2 is 2.00 bits per heavy atom. The van der Waals surface area contributed by atoms with Gasteiger partial charge in [0.25, 0.3) is 11.3 Å². The molecule has 0 bridgehead atoms. The smallest absolute Gasteiger partial charge is 0.266 e. The van der Waals surface area contributed by atoms with E-state index in [1.807, 2.05) is 31.6 Å². The zero-order valence-corrected chi connectivity index (χ0v) is 15.0. The number of pyridine rings is 2. The van der Waals surface area contributed by atoms with Gasteiger partial charge in [0.2, 0.25) is 0 Å². The standard InChI is InChI=1S/C18H14N6O2S/c1-23-9-12(6-22-23)11-4-14-15(7-21-18(14)20-5-11)16-10-24(27(25)26)17-8-19-3-2-13(16)17/h2-10H,1H3,(H,20,21)(H,25,26). The highest BCUT2D eigenvalue weighted by molar-refractivity contribution is 7.77. The van der Waals surface area contributed by atoms with E-state index in [9.17, 15) is 8.76 Å². The summed E-state index contributed by atoms with van der Waals surface area (Å²) < 4.78 is 24.4. The molecule has 2 N–H and O–H groups in total. The van der Waals surface area contributed by atoms with Crippen molar-refractivity contribution in [1.29, 1.82) is 0 Å². The predicted octanol–water partition coefficient (Wildman–Crippen LogP) is 2.96. The van der Waals surface area contributed by atoms with Crippen LogP contribution >= 0.6 is 0 Å². The average Bonchev–Trinajstić information content (AvgIpc) is 3.37. The molecule has 5 rings (SSSR count). The minimum absolute atomic E-state index is 0.596. The fourth-order valence-corrected chi connectivity index (χ4v) is 3.85. The first-order valence-corrected chi connectivity index (χ1v) is 9.21. The maximum absolute atomic E-state index is 11.7. The minimum Gasteiger partial charge on any atom is -0.346 e. The van der Waals surface area contributed by atoms with Gasteiger partial charge < -0.3 is 4.98 Å². The van der Waals surface area contributed by atoms with Gasteiger partial charge in [-0.25, -0.2) is 13.2 Å². The summed E-state index contributed by atoms with van der Waals surface area (Å²) in [5.41, 5.74) is 5.02. The van der Waals surface area contributed by atoms with Crippen LogP contribution in [0.2, 0.25) is 0 Å². The number of aromatic nitrogens is 6. The third kappa shape index (κ3) is 2.47. The summed E-state index contributed by atoms with van der Waals surface area (Å²) in [7, 11) is 1.87. The molecular weight excluding hydrogens is 364 g/mol.